The molecule has 1 aliphatic heterocycles. The molecule has 0 aromatic rings. The van der Waals surface area contributed by atoms with Crippen LogP contribution in [0.15, 0.2) is 0 Å². The minimum atomic E-state index is 0.238. The Kier molecular flexibility index (Phi) is 2.08. The lowest BCUT2D eigenvalue weighted by atomic mass is 9.45. The van der Waals surface area contributed by atoms with Gasteiger partial charge in [-0.15, -0.1) is 0 Å². The van der Waals surface area contributed by atoms with Crippen molar-refractivity contribution < 1.29 is 9.47 Å². The second-order valence-electron chi connectivity index (χ2n) is 7.37. The first-order valence-electron chi connectivity index (χ1n) is 7.38. The Morgan fingerprint density at radius 3 is 2.76 bits per heavy atom. The summed E-state index contributed by atoms with van der Waals surface area (Å²) in [5.74, 6) is 2.63. The third-order valence-corrected chi connectivity index (χ3v) is 6.10. The fourth-order valence-corrected chi connectivity index (χ4v) is 4.45. The Morgan fingerprint density at radius 1 is 1.24 bits per heavy atom. The van der Waals surface area contributed by atoms with Crippen LogP contribution in [-0.4, -0.2) is 24.9 Å². The molecule has 0 N–H and O–H groups in total. The van der Waals surface area contributed by atoms with Crippen LogP contribution in [0.5, 0.6) is 0 Å². The molecule has 2 bridgehead atoms. The zero-order chi connectivity index (χ0) is 11.7. The molecule has 1 saturated heterocycles. The van der Waals surface area contributed by atoms with Gasteiger partial charge in [-0.1, -0.05) is 13.8 Å². The summed E-state index contributed by atoms with van der Waals surface area (Å²) >= 11 is 0. The van der Waals surface area contributed by atoms with Crippen molar-refractivity contribution in [2.75, 3.05) is 13.2 Å². The molecular weight excluding hydrogens is 212 g/mol. The topological polar surface area (TPSA) is 21.8 Å². The van der Waals surface area contributed by atoms with Gasteiger partial charge >= 0.3 is 0 Å². The first-order chi connectivity index (χ1) is 8.13. The highest BCUT2D eigenvalue weighted by atomic mass is 16.6. The van der Waals surface area contributed by atoms with Gasteiger partial charge in [0.15, 0.2) is 0 Å². The van der Waals surface area contributed by atoms with Gasteiger partial charge in [0.2, 0.25) is 0 Å². The van der Waals surface area contributed by atoms with Crippen LogP contribution < -0.4 is 0 Å². The zero-order valence-electron chi connectivity index (χ0n) is 11.1. The van der Waals surface area contributed by atoms with E-state index < -0.39 is 0 Å². The summed E-state index contributed by atoms with van der Waals surface area (Å²) in [7, 11) is 0. The number of rotatable bonds is 5. The number of ether oxygens (including phenoxy) is 2. The molecule has 0 spiro atoms. The highest BCUT2D eigenvalue weighted by Crippen LogP contribution is 2.71. The standard InChI is InChI=1S/C15H24O2/c1-14(2)11-7-12(14)15(13(8-11)17-15)5-6-16-9-10-3-4-10/h10-13H,3-9H2,1-2H3. The van der Waals surface area contributed by atoms with Gasteiger partial charge in [0.25, 0.3) is 0 Å². The van der Waals surface area contributed by atoms with Crippen molar-refractivity contribution in [1.82, 2.24) is 0 Å². The van der Waals surface area contributed by atoms with Gasteiger partial charge in [-0.25, -0.2) is 0 Å². The molecule has 5 fully saturated rings. The predicted molar refractivity (Wildman–Crippen MR) is 65.8 cm³/mol. The second-order valence-corrected chi connectivity index (χ2v) is 7.37. The van der Waals surface area contributed by atoms with Gasteiger partial charge < -0.3 is 9.47 Å². The summed E-state index contributed by atoms with van der Waals surface area (Å²) in [5, 5.41) is 0. The normalized spacial score (nSPS) is 49.4. The van der Waals surface area contributed by atoms with Gasteiger partial charge in [-0.05, 0) is 48.9 Å². The Labute approximate surface area is 104 Å². The van der Waals surface area contributed by atoms with Crippen LogP contribution in [0.2, 0.25) is 0 Å². The van der Waals surface area contributed by atoms with Crippen LogP contribution in [0.1, 0.15) is 46.0 Å². The van der Waals surface area contributed by atoms with Gasteiger partial charge in [-0.3, -0.25) is 0 Å². The van der Waals surface area contributed by atoms with E-state index in [1.165, 1.54) is 25.7 Å². The Morgan fingerprint density at radius 2 is 2.06 bits per heavy atom. The van der Waals surface area contributed by atoms with Crippen LogP contribution in [-0.2, 0) is 9.47 Å². The van der Waals surface area contributed by atoms with Crippen molar-refractivity contribution in [3.05, 3.63) is 0 Å². The molecule has 2 nitrogen and oxygen atoms in total. The molecular formula is C15H24O2. The van der Waals surface area contributed by atoms with E-state index in [0.29, 0.717) is 11.5 Å². The summed E-state index contributed by atoms with van der Waals surface area (Å²) in [6.45, 7) is 6.80. The van der Waals surface area contributed by atoms with Crippen molar-refractivity contribution >= 4 is 0 Å². The average molecular weight is 236 g/mol. The maximum atomic E-state index is 6.10. The van der Waals surface area contributed by atoms with Crippen LogP contribution in [0.3, 0.4) is 0 Å². The average Bonchev–Trinajstić information content (AvgIpc) is 3.17. The molecule has 4 unspecified atom stereocenters. The van der Waals surface area contributed by atoms with Gasteiger partial charge in [0, 0.05) is 19.6 Å². The SMILES string of the molecule is CC1(C)C2CC3OC3(CCOCC3CC3)C1C2. The van der Waals surface area contributed by atoms with E-state index >= 15 is 0 Å². The van der Waals surface area contributed by atoms with Crippen molar-refractivity contribution in [3.8, 4) is 0 Å². The third kappa shape index (κ3) is 1.46. The van der Waals surface area contributed by atoms with Crippen molar-refractivity contribution in [2.45, 2.75) is 57.7 Å². The van der Waals surface area contributed by atoms with E-state index in [1.54, 1.807) is 0 Å². The summed E-state index contributed by atoms with van der Waals surface area (Å²) in [5.41, 5.74) is 0.769. The van der Waals surface area contributed by atoms with Gasteiger partial charge in [0.1, 0.15) is 5.60 Å². The maximum Gasteiger partial charge on any atom is 0.100 e. The molecule has 4 aliphatic carbocycles. The summed E-state index contributed by atoms with van der Waals surface area (Å²) < 4.78 is 11.9. The van der Waals surface area contributed by atoms with E-state index in [0.717, 1.165) is 37.4 Å². The zero-order valence-corrected chi connectivity index (χ0v) is 11.1. The van der Waals surface area contributed by atoms with E-state index in [-0.39, 0.29) is 5.60 Å². The van der Waals surface area contributed by atoms with Crippen molar-refractivity contribution in [1.29, 1.82) is 0 Å². The molecule has 5 rings (SSSR count). The second kappa shape index (κ2) is 3.27. The summed E-state index contributed by atoms with van der Waals surface area (Å²) in [6.07, 6.45) is 7.23. The fraction of sp³-hybridized carbons (Fsp3) is 1.00. The minimum absolute atomic E-state index is 0.238. The molecule has 96 valence electrons. The van der Waals surface area contributed by atoms with Crippen molar-refractivity contribution in [2.24, 2.45) is 23.2 Å². The fourth-order valence-electron chi connectivity index (χ4n) is 4.45. The van der Waals surface area contributed by atoms with Crippen LogP contribution in [0, 0.1) is 23.2 Å². The Hall–Kier alpha value is -0.0800. The lowest BCUT2D eigenvalue weighted by molar-refractivity contribution is -0.0916. The molecule has 4 atom stereocenters. The molecule has 0 radical (unpaired) electrons. The van der Waals surface area contributed by atoms with Crippen LogP contribution in [0.25, 0.3) is 0 Å². The minimum Gasteiger partial charge on any atom is -0.381 e. The maximum absolute atomic E-state index is 6.10. The van der Waals surface area contributed by atoms with Crippen LogP contribution in [0.4, 0.5) is 0 Å². The first kappa shape index (κ1) is 10.8. The van der Waals surface area contributed by atoms with E-state index in [4.69, 9.17) is 9.47 Å². The number of epoxide rings is 1. The number of hydrogen-bond acceptors (Lipinski definition) is 2. The summed E-state index contributed by atoms with van der Waals surface area (Å²) in [6, 6.07) is 0. The molecule has 0 aromatic heterocycles. The first-order valence-corrected chi connectivity index (χ1v) is 7.38. The molecule has 17 heavy (non-hydrogen) atoms. The van der Waals surface area contributed by atoms with Crippen LogP contribution >= 0.6 is 0 Å². The monoisotopic (exact) mass is 236 g/mol. The largest absolute Gasteiger partial charge is 0.381 e. The van der Waals surface area contributed by atoms with Gasteiger partial charge in [0.05, 0.1) is 6.10 Å². The third-order valence-electron chi connectivity index (χ3n) is 6.10. The quantitative estimate of drug-likeness (QED) is 0.540. The lowest BCUT2D eigenvalue weighted by Crippen LogP contribution is -2.57. The van der Waals surface area contributed by atoms with E-state index in [1.807, 2.05) is 0 Å². The van der Waals surface area contributed by atoms with E-state index in [9.17, 15) is 0 Å². The highest BCUT2D eigenvalue weighted by molar-refractivity contribution is 5.22. The Balaban J connectivity index is 1.34. The van der Waals surface area contributed by atoms with Gasteiger partial charge in [-0.2, -0.15) is 0 Å². The Bertz CT molecular complexity index is 334. The predicted octanol–water partition coefficient (Wildman–Crippen LogP) is 3.01. The highest BCUT2D eigenvalue weighted by Gasteiger charge is 2.74. The summed E-state index contributed by atoms with van der Waals surface area (Å²) in [4.78, 5) is 0. The lowest BCUT2D eigenvalue weighted by Gasteiger charge is -2.58. The number of hydrogen-bond donors (Lipinski definition) is 0. The molecule has 0 aromatic carbocycles. The smallest absolute Gasteiger partial charge is 0.100 e. The molecule has 1 heterocycles. The molecule has 4 saturated carbocycles. The molecule has 5 aliphatic rings. The van der Waals surface area contributed by atoms with Crippen molar-refractivity contribution in [3.63, 3.8) is 0 Å². The molecule has 0 amide bonds. The molecule has 2 heteroatoms. The van der Waals surface area contributed by atoms with E-state index in [2.05, 4.69) is 13.8 Å².